The molecule has 1 aromatic heterocycles. The van der Waals surface area contributed by atoms with Gasteiger partial charge in [0.15, 0.2) is 5.82 Å². The van der Waals surface area contributed by atoms with Crippen LogP contribution in [0.2, 0.25) is 0 Å². The number of carbonyl (C=O) groups is 2. The molecule has 3 fully saturated rings. The van der Waals surface area contributed by atoms with Crippen molar-refractivity contribution in [3.8, 4) is 0 Å². The van der Waals surface area contributed by atoms with Gasteiger partial charge in [-0.25, -0.2) is 9.18 Å². The number of aromatic nitrogens is 2. The molecular formula is C25H40FN5O6. The Kier molecular flexibility index (Phi) is 9.74. The molecule has 3 aliphatic rings. The van der Waals surface area contributed by atoms with E-state index in [1.54, 1.807) is 16.7 Å². The number of rotatable bonds is 11. The quantitative estimate of drug-likeness (QED) is 0.420. The molecule has 0 radical (unpaired) electrons. The fraction of sp³-hybridized carbons (Fsp3) is 0.800. The van der Waals surface area contributed by atoms with Gasteiger partial charge >= 0.3 is 6.09 Å². The number of nitrogens with zero attached hydrogens (tertiary/aromatic N) is 3. The Labute approximate surface area is 217 Å². The highest BCUT2D eigenvalue weighted by Crippen LogP contribution is 2.38. The van der Waals surface area contributed by atoms with E-state index in [0.29, 0.717) is 71.0 Å². The van der Waals surface area contributed by atoms with Crippen LogP contribution in [0.25, 0.3) is 0 Å². The highest BCUT2D eigenvalue weighted by atomic mass is 19.1. The summed E-state index contributed by atoms with van der Waals surface area (Å²) in [6, 6.07) is -0.492. The molecule has 37 heavy (non-hydrogen) atoms. The number of aryl methyl sites for hydroxylation is 1. The lowest BCUT2D eigenvalue weighted by Gasteiger charge is -2.36. The van der Waals surface area contributed by atoms with Gasteiger partial charge in [0.1, 0.15) is 11.8 Å². The summed E-state index contributed by atoms with van der Waals surface area (Å²) in [4.78, 5) is 26.8. The lowest BCUT2D eigenvalue weighted by Crippen LogP contribution is -2.54. The van der Waals surface area contributed by atoms with E-state index in [1.807, 2.05) is 6.92 Å². The number of hydrogen-bond acceptors (Lipinski definition) is 8. The third-order valence-corrected chi connectivity index (χ3v) is 7.26. The monoisotopic (exact) mass is 525 g/mol. The molecule has 1 aliphatic carbocycles. The Morgan fingerprint density at radius 2 is 2.00 bits per heavy atom. The highest BCUT2D eigenvalue weighted by molar-refractivity contribution is 5.82. The van der Waals surface area contributed by atoms with Crippen molar-refractivity contribution in [1.82, 2.24) is 25.3 Å². The van der Waals surface area contributed by atoms with E-state index in [9.17, 15) is 9.59 Å². The minimum atomic E-state index is -0.651. The number of alkyl carbamates (subject to hydrolysis) is 1. The van der Waals surface area contributed by atoms with Crippen molar-refractivity contribution in [2.45, 2.75) is 75.8 Å². The second-order valence-corrected chi connectivity index (χ2v) is 9.98. The van der Waals surface area contributed by atoms with Gasteiger partial charge in [-0.1, -0.05) is 0 Å². The number of carbonyl (C=O) groups excluding carboxylic acids is 2. The van der Waals surface area contributed by atoms with Crippen molar-refractivity contribution in [3.05, 3.63) is 17.2 Å². The lowest BCUT2D eigenvalue weighted by molar-refractivity contribution is -0.156. The molecule has 0 bridgehead atoms. The van der Waals surface area contributed by atoms with Gasteiger partial charge in [0.2, 0.25) is 0 Å². The van der Waals surface area contributed by atoms with Crippen molar-refractivity contribution >= 4 is 12.0 Å². The van der Waals surface area contributed by atoms with E-state index < -0.39 is 18.2 Å². The van der Waals surface area contributed by atoms with E-state index in [2.05, 4.69) is 15.4 Å². The molecule has 2 N–H and O–H groups in total. The van der Waals surface area contributed by atoms with E-state index >= 15 is 4.39 Å². The van der Waals surface area contributed by atoms with Gasteiger partial charge in [-0.15, -0.1) is 0 Å². The number of hydrogen-bond donors (Lipinski definition) is 2. The first kappa shape index (κ1) is 27.7. The molecule has 4 rings (SSSR count). The SMILES string of the molecule is COC[C@@H]1CNC[C@H](C(=O)N(C2CC2)[C@@H](C)c2nn(CCCNC(=O)OC)c(C3CCOCC3)c2F)O1. The molecule has 208 valence electrons. The van der Waals surface area contributed by atoms with Crippen LogP contribution in [0.5, 0.6) is 0 Å². The molecule has 12 heteroatoms. The maximum Gasteiger partial charge on any atom is 0.406 e. The Morgan fingerprint density at radius 1 is 1.24 bits per heavy atom. The number of morpholine rings is 1. The molecule has 2 amide bonds. The number of ether oxygens (including phenoxy) is 4. The lowest BCUT2D eigenvalue weighted by atomic mass is 9.95. The molecule has 0 aromatic carbocycles. The van der Waals surface area contributed by atoms with Crippen LogP contribution < -0.4 is 10.6 Å². The molecule has 3 heterocycles. The minimum absolute atomic E-state index is 0.0125. The summed E-state index contributed by atoms with van der Waals surface area (Å²) in [5.41, 5.74) is 0.835. The summed E-state index contributed by atoms with van der Waals surface area (Å²) in [5.74, 6) is -0.507. The molecule has 1 aromatic rings. The predicted octanol–water partition coefficient (Wildman–Crippen LogP) is 1.72. The van der Waals surface area contributed by atoms with Crippen molar-refractivity contribution in [1.29, 1.82) is 0 Å². The van der Waals surface area contributed by atoms with Crippen molar-refractivity contribution < 1.29 is 32.9 Å². The molecule has 1 saturated carbocycles. The van der Waals surface area contributed by atoms with Crippen LogP contribution in [0.1, 0.15) is 62.4 Å². The van der Waals surface area contributed by atoms with Crippen LogP contribution in [-0.4, -0.2) is 98.6 Å². The molecule has 2 saturated heterocycles. The zero-order chi connectivity index (χ0) is 26.4. The Morgan fingerprint density at radius 3 is 2.68 bits per heavy atom. The second-order valence-electron chi connectivity index (χ2n) is 9.98. The first-order chi connectivity index (χ1) is 17.9. The fourth-order valence-electron chi connectivity index (χ4n) is 5.23. The van der Waals surface area contributed by atoms with Crippen LogP contribution in [0.4, 0.5) is 9.18 Å². The smallest absolute Gasteiger partial charge is 0.406 e. The van der Waals surface area contributed by atoms with Gasteiger partial charge in [0.25, 0.3) is 5.91 Å². The van der Waals surface area contributed by atoms with Crippen LogP contribution in [-0.2, 0) is 30.3 Å². The van der Waals surface area contributed by atoms with E-state index in [4.69, 9.17) is 19.3 Å². The number of amides is 2. The van der Waals surface area contributed by atoms with Gasteiger partial charge in [-0.3, -0.25) is 9.48 Å². The summed E-state index contributed by atoms with van der Waals surface area (Å²) in [6.07, 6.45) is 2.39. The molecule has 2 aliphatic heterocycles. The third-order valence-electron chi connectivity index (χ3n) is 7.26. The molecule has 0 spiro atoms. The zero-order valence-corrected chi connectivity index (χ0v) is 22.0. The topological polar surface area (TPSA) is 116 Å². The summed E-state index contributed by atoms with van der Waals surface area (Å²) >= 11 is 0. The Hall–Kier alpha value is -2.28. The molecule has 11 nitrogen and oxygen atoms in total. The Balaban J connectivity index is 1.54. The zero-order valence-electron chi connectivity index (χ0n) is 22.0. The minimum Gasteiger partial charge on any atom is -0.453 e. The van der Waals surface area contributed by atoms with Crippen LogP contribution in [0.15, 0.2) is 0 Å². The summed E-state index contributed by atoms with van der Waals surface area (Å²) in [6.45, 7) is 5.24. The normalized spacial score (nSPS) is 23.5. The average Bonchev–Trinajstić information content (AvgIpc) is 3.69. The summed E-state index contributed by atoms with van der Waals surface area (Å²) in [5, 5.41) is 10.6. The van der Waals surface area contributed by atoms with Crippen molar-refractivity contribution in [3.63, 3.8) is 0 Å². The van der Waals surface area contributed by atoms with Crippen molar-refractivity contribution in [2.75, 3.05) is 53.7 Å². The molecular weight excluding hydrogens is 485 g/mol. The maximum absolute atomic E-state index is 16.1. The molecule has 0 unspecified atom stereocenters. The van der Waals surface area contributed by atoms with Gasteiger partial charge in [0.05, 0.1) is 31.6 Å². The van der Waals surface area contributed by atoms with Gasteiger partial charge in [0, 0.05) is 58.5 Å². The van der Waals surface area contributed by atoms with Crippen LogP contribution in [0, 0.1) is 5.82 Å². The van der Waals surface area contributed by atoms with Crippen LogP contribution in [0.3, 0.4) is 0 Å². The van der Waals surface area contributed by atoms with E-state index in [-0.39, 0.29) is 35.5 Å². The fourth-order valence-corrected chi connectivity index (χ4v) is 5.23. The predicted molar refractivity (Wildman–Crippen MR) is 132 cm³/mol. The highest BCUT2D eigenvalue weighted by Gasteiger charge is 2.43. The summed E-state index contributed by atoms with van der Waals surface area (Å²) in [7, 11) is 2.92. The summed E-state index contributed by atoms with van der Waals surface area (Å²) < 4.78 is 39.2. The average molecular weight is 526 g/mol. The van der Waals surface area contributed by atoms with E-state index in [1.165, 1.54) is 7.11 Å². The second kappa shape index (κ2) is 13.0. The third kappa shape index (κ3) is 6.78. The van der Waals surface area contributed by atoms with Crippen LogP contribution >= 0.6 is 0 Å². The number of halogens is 1. The largest absolute Gasteiger partial charge is 0.453 e. The number of methoxy groups -OCH3 is 2. The number of nitrogens with one attached hydrogen (secondary N) is 2. The first-order valence-electron chi connectivity index (χ1n) is 13.3. The first-order valence-corrected chi connectivity index (χ1v) is 13.3. The standard InChI is InChI=1S/C25H40FN5O6/c1-16(31(18-5-6-18)24(32)20-14-27-13-19(37-20)15-34-2)22-21(26)23(17-7-11-36-12-8-17)30(29-22)10-4-9-28-25(33)35-3/h16-20,27H,4-15H2,1-3H3,(H,28,33)/t16-,19-,20+/m0/s1. The maximum atomic E-state index is 16.1. The van der Waals surface area contributed by atoms with Gasteiger partial charge < -0.3 is 34.5 Å². The van der Waals surface area contributed by atoms with Gasteiger partial charge in [-0.2, -0.15) is 5.10 Å². The molecule has 3 atom stereocenters. The van der Waals surface area contributed by atoms with Crippen molar-refractivity contribution in [2.24, 2.45) is 0 Å². The Bertz CT molecular complexity index is 918. The van der Waals surface area contributed by atoms with Gasteiger partial charge in [-0.05, 0) is 39.0 Å². The van der Waals surface area contributed by atoms with E-state index in [0.717, 1.165) is 12.8 Å².